The molecule has 1 heterocycles. The van der Waals surface area contributed by atoms with Gasteiger partial charge in [0.1, 0.15) is 0 Å². The molecule has 0 fully saturated rings. The molecule has 5 nitrogen and oxygen atoms in total. The zero-order valence-electron chi connectivity index (χ0n) is 10.1. The van der Waals surface area contributed by atoms with Crippen molar-refractivity contribution in [1.29, 1.82) is 0 Å². The topological polar surface area (TPSA) is 69.8 Å². The number of carbonyl (C=O) groups excluding carboxylic acids is 1. The number of nitrogens with zero attached hydrogens (tertiary/aromatic N) is 1. The molecule has 0 spiro atoms. The smallest absolute Gasteiger partial charge is 0.308 e. The van der Waals surface area contributed by atoms with Crippen LogP contribution in [0.4, 0.5) is 16.3 Å². The quantitative estimate of drug-likeness (QED) is 0.804. The summed E-state index contributed by atoms with van der Waals surface area (Å²) in [5.41, 5.74) is 1.50. The number of nitrogens with one attached hydrogen (secondary N) is 3. The van der Waals surface area contributed by atoms with Crippen LogP contribution in [0.15, 0.2) is 24.3 Å². The SMILES string of the molecule is CCc1cc(NC(=O)Nc2ccc(Cl)c(Cl)c2)n[nH]1. The number of hydrogen-bond acceptors (Lipinski definition) is 2. The normalized spacial score (nSPS) is 10.3. The number of urea groups is 1. The van der Waals surface area contributed by atoms with Crippen molar-refractivity contribution in [1.82, 2.24) is 10.2 Å². The summed E-state index contributed by atoms with van der Waals surface area (Å²) < 4.78 is 0. The van der Waals surface area contributed by atoms with Crippen molar-refractivity contribution in [2.24, 2.45) is 0 Å². The molecule has 1 aromatic heterocycles. The Hall–Kier alpha value is -1.72. The van der Waals surface area contributed by atoms with Crippen molar-refractivity contribution in [2.45, 2.75) is 13.3 Å². The zero-order valence-corrected chi connectivity index (χ0v) is 11.6. The monoisotopic (exact) mass is 298 g/mol. The van der Waals surface area contributed by atoms with Crippen LogP contribution in [0.3, 0.4) is 0 Å². The Morgan fingerprint density at radius 3 is 2.68 bits per heavy atom. The van der Waals surface area contributed by atoms with E-state index in [4.69, 9.17) is 23.2 Å². The largest absolute Gasteiger partial charge is 0.324 e. The van der Waals surface area contributed by atoms with E-state index >= 15 is 0 Å². The number of hydrogen-bond donors (Lipinski definition) is 3. The number of rotatable bonds is 3. The fourth-order valence-electron chi connectivity index (χ4n) is 1.46. The second-order valence-electron chi connectivity index (χ2n) is 3.84. The first-order valence-electron chi connectivity index (χ1n) is 5.66. The number of benzene rings is 1. The van der Waals surface area contributed by atoms with Gasteiger partial charge in [-0.3, -0.25) is 10.4 Å². The number of carbonyl (C=O) groups is 1. The third kappa shape index (κ3) is 3.62. The summed E-state index contributed by atoms with van der Waals surface area (Å²) in [7, 11) is 0. The van der Waals surface area contributed by atoms with Crippen molar-refractivity contribution >= 4 is 40.7 Å². The molecule has 2 amide bonds. The molecule has 0 saturated heterocycles. The first-order valence-corrected chi connectivity index (χ1v) is 6.41. The highest BCUT2D eigenvalue weighted by atomic mass is 35.5. The highest BCUT2D eigenvalue weighted by Crippen LogP contribution is 2.25. The molecule has 7 heteroatoms. The number of amides is 2. The maximum absolute atomic E-state index is 11.7. The van der Waals surface area contributed by atoms with Gasteiger partial charge in [-0.05, 0) is 24.6 Å². The van der Waals surface area contributed by atoms with E-state index in [2.05, 4.69) is 20.8 Å². The van der Waals surface area contributed by atoms with Gasteiger partial charge in [0.2, 0.25) is 0 Å². The highest BCUT2D eigenvalue weighted by molar-refractivity contribution is 6.42. The van der Waals surface area contributed by atoms with E-state index in [9.17, 15) is 4.79 Å². The Bertz CT molecular complexity index is 597. The van der Waals surface area contributed by atoms with Crippen LogP contribution < -0.4 is 10.6 Å². The summed E-state index contributed by atoms with van der Waals surface area (Å²) in [6.07, 6.45) is 0.823. The van der Waals surface area contributed by atoms with Gasteiger partial charge in [-0.1, -0.05) is 30.1 Å². The van der Waals surface area contributed by atoms with Gasteiger partial charge in [0, 0.05) is 17.4 Å². The molecule has 0 saturated carbocycles. The first kappa shape index (κ1) is 13.7. The molecule has 0 aliphatic rings. The molecule has 0 unspecified atom stereocenters. The number of aryl methyl sites for hydroxylation is 1. The molecular weight excluding hydrogens is 287 g/mol. The zero-order chi connectivity index (χ0) is 13.8. The van der Waals surface area contributed by atoms with E-state index < -0.39 is 6.03 Å². The van der Waals surface area contributed by atoms with Crippen molar-refractivity contribution in [3.05, 3.63) is 40.0 Å². The van der Waals surface area contributed by atoms with Crippen LogP contribution in [0.25, 0.3) is 0 Å². The van der Waals surface area contributed by atoms with Crippen LogP contribution in [-0.4, -0.2) is 16.2 Å². The maximum atomic E-state index is 11.7. The van der Waals surface area contributed by atoms with Gasteiger partial charge < -0.3 is 5.32 Å². The van der Waals surface area contributed by atoms with Gasteiger partial charge in [-0.15, -0.1) is 0 Å². The number of anilines is 2. The highest BCUT2D eigenvalue weighted by Gasteiger charge is 2.06. The molecule has 0 aliphatic carbocycles. The second-order valence-corrected chi connectivity index (χ2v) is 4.65. The molecule has 19 heavy (non-hydrogen) atoms. The van der Waals surface area contributed by atoms with Crippen LogP contribution in [0, 0.1) is 0 Å². The number of aromatic amines is 1. The van der Waals surface area contributed by atoms with Gasteiger partial charge in [0.25, 0.3) is 0 Å². The molecule has 0 aliphatic heterocycles. The van der Waals surface area contributed by atoms with Crippen LogP contribution in [0.5, 0.6) is 0 Å². The molecule has 2 rings (SSSR count). The van der Waals surface area contributed by atoms with E-state index in [0.29, 0.717) is 21.6 Å². The first-order chi connectivity index (χ1) is 9.08. The van der Waals surface area contributed by atoms with Crippen LogP contribution >= 0.6 is 23.2 Å². The van der Waals surface area contributed by atoms with Gasteiger partial charge >= 0.3 is 6.03 Å². The Kier molecular flexibility index (Phi) is 4.29. The third-order valence-electron chi connectivity index (χ3n) is 2.43. The van der Waals surface area contributed by atoms with Gasteiger partial charge in [0.05, 0.1) is 10.0 Å². The summed E-state index contributed by atoms with van der Waals surface area (Å²) in [6, 6.07) is 6.23. The molecule has 2 aromatic rings. The molecule has 1 aromatic carbocycles. The number of halogens is 2. The lowest BCUT2D eigenvalue weighted by Gasteiger charge is -2.06. The third-order valence-corrected chi connectivity index (χ3v) is 3.17. The van der Waals surface area contributed by atoms with E-state index in [1.165, 1.54) is 0 Å². The molecule has 100 valence electrons. The summed E-state index contributed by atoms with van der Waals surface area (Å²) in [6.45, 7) is 1.99. The standard InChI is InChI=1S/C12H12Cl2N4O/c1-2-7-6-11(18-17-7)16-12(19)15-8-3-4-9(13)10(14)5-8/h3-6H,2H2,1H3,(H3,15,16,17,18,19). The van der Waals surface area contributed by atoms with E-state index in [-0.39, 0.29) is 0 Å². The fourth-order valence-corrected chi connectivity index (χ4v) is 1.76. The minimum Gasteiger partial charge on any atom is -0.308 e. The Labute approximate surface area is 120 Å². The predicted molar refractivity (Wildman–Crippen MR) is 77.1 cm³/mol. The predicted octanol–water partition coefficient (Wildman–Crippen LogP) is 3.92. The van der Waals surface area contributed by atoms with E-state index in [1.54, 1.807) is 24.3 Å². The van der Waals surface area contributed by atoms with E-state index in [1.807, 2.05) is 6.92 Å². The fraction of sp³-hybridized carbons (Fsp3) is 0.167. The minimum atomic E-state index is -0.396. The molecule has 0 atom stereocenters. The summed E-state index contributed by atoms with van der Waals surface area (Å²) in [5.74, 6) is 0.467. The van der Waals surface area contributed by atoms with Crippen molar-refractivity contribution in [3.8, 4) is 0 Å². The van der Waals surface area contributed by atoms with Crippen LogP contribution in [0.1, 0.15) is 12.6 Å². The molecule has 0 radical (unpaired) electrons. The summed E-state index contributed by atoms with van der Waals surface area (Å²) >= 11 is 11.6. The number of H-pyrrole nitrogens is 1. The lowest BCUT2D eigenvalue weighted by atomic mass is 10.3. The summed E-state index contributed by atoms with van der Waals surface area (Å²) in [5, 5.41) is 12.8. The van der Waals surface area contributed by atoms with Crippen molar-refractivity contribution in [2.75, 3.05) is 10.6 Å². The molecular formula is C12H12Cl2N4O. The summed E-state index contributed by atoms with van der Waals surface area (Å²) in [4.78, 5) is 11.7. The lowest BCUT2D eigenvalue weighted by Crippen LogP contribution is -2.19. The Morgan fingerprint density at radius 1 is 1.26 bits per heavy atom. The van der Waals surface area contributed by atoms with Gasteiger partial charge in [-0.2, -0.15) is 5.10 Å². The minimum absolute atomic E-state index is 0.382. The molecule has 0 bridgehead atoms. The van der Waals surface area contributed by atoms with E-state index in [0.717, 1.165) is 12.1 Å². The average molecular weight is 299 g/mol. The Morgan fingerprint density at radius 2 is 2.05 bits per heavy atom. The molecule has 3 N–H and O–H groups in total. The Balaban J connectivity index is 1.98. The van der Waals surface area contributed by atoms with Gasteiger partial charge in [0.15, 0.2) is 5.82 Å². The van der Waals surface area contributed by atoms with Gasteiger partial charge in [-0.25, -0.2) is 4.79 Å². The lowest BCUT2D eigenvalue weighted by molar-refractivity contribution is 0.262. The number of aromatic nitrogens is 2. The van der Waals surface area contributed by atoms with Crippen LogP contribution in [-0.2, 0) is 6.42 Å². The maximum Gasteiger partial charge on any atom is 0.324 e. The van der Waals surface area contributed by atoms with Crippen molar-refractivity contribution in [3.63, 3.8) is 0 Å². The van der Waals surface area contributed by atoms with Crippen LogP contribution in [0.2, 0.25) is 10.0 Å². The average Bonchev–Trinajstić information content (AvgIpc) is 2.81. The van der Waals surface area contributed by atoms with Crippen molar-refractivity contribution < 1.29 is 4.79 Å². The second kappa shape index (κ2) is 5.95.